The molecule has 0 saturated heterocycles. The lowest BCUT2D eigenvalue weighted by Crippen LogP contribution is -2.28. The molecular formula is C11H17NO2. The molecule has 0 bridgehead atoms. The van der Waals surface area contributed by atoms with Gasteiger partial charge in [-0.2, -0.15) is 0 Å². The van der Waals surface area contributed by atoms with Crippen LogP contribution in [0.25, 0.3) is 0 Å². The van der Waals surface area contributed by atoms with Gasteiger partial charge in [-0.05, 0) is 30.0 Å². The molecule has 0 aliphatic rings. The number of nitrogens with two attached hydrogens (primary N) is 1. The minimum atomic E-state index is -0.0909. The van der Waals surface area contributed by atoms with Crippen molar-refractivity contribution in [1.29, 1.82) is 0 Å². The first-order valence-electron chi connectivity index (χ1n) is 4.77. The zero-order valence-electron chi connectivity index (χ0n) is 8.57. The molecule has 0 aromatic heterocycles. The SMILES string of the molecule is CC(C)C(N)Cc1ccc(O)c(O)c1. The topological polar surface area (TPSA) is 66.5 Å². The second-order valence-corrected chi connectivity index (χ2v) is 3.94. The third-order valence-corrected chi connectivity index (χ3v) is 2.37. The average molecular weight is 195 g/mol. The van der Waals surface area contributed by atoms with Crippen LogP contribution in [-0.4, -0.2) is 16.3 Å². The summed E-state index contributed by atoms with van der Waals surface area (Å²) in [6.45, 7) is 4.12. The molecule has 0 radical (unpaired) electrons. The van der Waals surface area contributed by atoms with Crippen molar-refractivity contribution in [2.24, 2.45) is 11.7 Å². The van der Waals surface area contributed by atoms with E-state index >= 15 is 0 Å². The lowest BCUT2D eigenvalue weighted by molar-refractivity contribution is 0.402. The fraction of sp³-hybridized carbons (Fsp3) is 0.455. The number of phenols is 2. The molecule has 0 aliphatic carbocycles. The van der Waals surface area contributed by atoms with E-state index in [0.717, 1.165) is 5.56 Å². The molecule has 1 rings (SSSR count). The quantitative estimate of drug-likeness (QED) is 0.642. The third kappa shape index (κ3) is 2.64. The maximum atomic E-state index is 9.26. The van der Waals surface area contributed by atoms with Crippen LogP contribution >= 0.6 is 0 Å². The van der Waals surface area contributed by atoms with Crippen LogP contribution in [0.5, 0.6) is 11.5 Å². The summed E-state index contributed by atoms with van der Waals surface area (Å²) in [5, 5.41) is 18.4. The molecule has 1 atom stereocenters. The van der Waals surface area contributed by atoms with Gasteiger partial charge in [0.2, 0.25) is 0 Å². The second kappa shape index (κ2) is 4.33. The normalized spacial score (nSPS) is 13.1. The van der Waals surface area contributed by atoms with Gasteiger partial charge in [0.05, 0.1) is 0 Å². The molecule has 0 spiro atoms. The molecular weight excluding hydrogens is 178 g/mol. The van der Waals surface area contributed by atoms with Crippen LogP contribution in [0, 0.1) is 5.92 Å². The van der Waals surface area contributed by atoms with E-state index in [0.29, 0.717) is 12.3 Å². The van der Waals surface area contributed by atoms with E-state index in [1.54, 1.807) is 12.1 Å². The molecule has 0 aliphatic heterocycles. The molecule has 1 unspecified atom stereocenters. The van der Waals surface area contributed by atoms with Crippen molar-refractivity contribution in [1.82, 2.24) is 0 Å². The summed E-state index contributed by atoms with van der Waals surface area (Å²) in [4.78, 5) is 0. The summed E-state index contributed by atoms with van der Waals surface area (Å²) in [7, 11) is 0. The smallest absolute Gasteiger partial charge is 0.157 e. The maximum Gasteiger partial charge on any atom is 0.157 e. The predicted molar refractivity (Wildman–Crippen MR) is 56.3 cm³/mol. The molecule has 0 fully saturated rings. The summed E-state index contributed by atoms with van der Waals surface area (Å²) in [5.41, 5.74) is 6.84. The van der Waals surface area contributed by atoms with Crippen molar-refractivity contribution >= 4 is 0 Å². The first-order valence-corrected chi connectivity index (χ1v) is 4.77. The van der Waals surface area contributed by atoms with Gasteiger partial charge in [-0.3, -0.25) is 0 Å². The third-order valence-electron chi connectivity index (χ3n) is 2.37. The predicted octanol–water partition coefficient (Wildman–Crippen LogP) is 1.62. The minimum Gasteiger partial charge on any atom is -0.504 e. The highest BCUT2D eigenvalue weighted by Gasteiger charge is 2.09. The molecule has 3 heteroatoms. The summed E-state index contributed by atoms with van der Waals surface area (Å²) < 4.78 is 0. The molecule has 0 saturated carbocycles. The van der Waals surface area contributed by atoms with E-state index in [1.807, 2.05) is 0 Å². The van der Waals surface area contributed by atoms with E-state index < -0.39 is 0 Å². The van der Waals surface area contributed by atoms with Crippen LogP contribution in [0.3, 0.4) is 0 Å². The van der Waals surface area contributed by atoms with Gasteiger partial charge in [0, 0.05) is 6.04 Å². The number of rotatable bonds is 3. The van der Waals surface area contributed by atoms with Gasteiger partial charge in [-0.25, -0.2) is 0 Å². The van der Waals surface area contributed by atoms with Crippen LogP contribution in [0.15, 0.2) is 18.2 Å². The van der Waals surface area contributed by atoms with Gasteiger partial charge >= 0.3 is 0 Å². The highest BCUT2D eigenvalue weighted by atomic mass is 16.3. The monoisotopic (exact) mass is 195 g/mol. The van der Waals surface area contributed by atoms with Crippen molar-refractivity contribution in [2.75, 3.05) is 0 Å². The van der Waals surface area contributed by atoms with Gasteiger partial charge in [0.25, 0.3) is 0 Å². The summed E-state index contributed by atoms with van der Waals surface area (Å²) in [6.07, 6.45) is 0.714. The Balaban J connectivity index is 2.73. The average Bonchev–Trinajstić information content (AvgIpc) is 2.11. The van der Waals surface area contributed by atoms with E-state index in [2.05, 4.69) is 13.8 Å². The van der Waals surface area contributed by atoms with Crippen LogP contribution in [0.1, 0.15) is 19.4 Å². The first-order chi connectivity index (χ1) is 6.50. The number of hydrogen-bond donors (Lipinski definition) is 3. The van der Waals surface area contributed by atoms with Crippen molar-refractivity contribution in [3.63, 3.8) is 0 Å². The van der Waals surface area contributed by atoms with E-state index in [1.165, 1.54) is 6.07 Å². The highest BCUT2D eigenvalue weighted by Crippen LogP contribution is 2.25. The molecule has 0 amide bonds. The Kier molecular flexibility index (Phi) is 3.36. The van der Waals surface area contributed by atoms with Crippen LogP contribution in [-0.2, 0) is 6.42 Å². The van der Waals surface area contributed by atoms with Gasteiger partial charge in [-0.15, -0.1) is 0 Å². The van der Waals surface area contributed by atoms with Gasteiger partial charge in [-0.1, -0.05) is 19.9 Å². The standard InChI is InChI=1S/C11H17NO2/c1-7(2)9(12)5-8-3-4-10(13)11(14)6-8/h3-4,6-7,9,13-14H,5,12H2,1-2H3. The number of hydrogen-bond acceptors (Lipinski definition) is 3. The highest BCUT2D eigenvalue weighted by molar-refractivity contribution is 5.40. The number of phenolic OH excluding ortho intramolecular Hbond substituents is 2. The lowest BCUT2D eigenvalue weighted by atomic mass is 9.97. The Hall–Kier alpha value is -1.22. The Morgan fingerprint density at radius 3 is 2.36 bits per heavy atom. The van der Waals surface area contributed by atoms with Crippen molar-refractivity contribution < 1.29 is 10.2 Å². The largest absolute Gasteiger partial charge is 0.504 e. The molecule has 0 heterocycles. The van der Waals surface area contributed by atoms with Gasteiger partial charge < -0.3 is 15.9 Å². The molecule has 1 aromatic carbocycles. The fourth-order valence-corrected chi connectivity index (χ4v) is 1.20. The zero-order chi connectivity index (χ0) is 10.7. The van der Waals surface area contributed by atoms with E-state index in [-0.39, 0.29) is 17.5 Å². The van der Waals surface area contributed by atoms with Gasteiger partial charge in [0.1, 0.15) is 0 Å². The zero-order valence-corrected chi connectivity index (χ0v) is 8.57. The van der Waals surface area contributed by atoms with E-state index in [4.69, 9.17) is 10.8 Å². The molecule has 78 valence electrons. The Bertz CT molecular complexity index is 310. The van der Waals surface area contributed by atoms with Crippen LogP contribution in [0.2, 0.25) is 0 Å². The van der Waals surface area contributed by atoms with Crippen molar-refractivity contribution in [3.05, 3.63) is 23.8 Å². The van der Waals surface area contributed by atoms with Crippen LogP contribution < -0.4 is 5.73 Å². The first kappa shape index (κ1) is 10.9. The van der Waals surface area contributed by atoms with Crippen LogP contribution in [0.4, 0.5) is 0 Å². The molecule has 3 nitrogen and oxygen atoms in total. The van der Waals surface area contributed by atoms with Crippen molar-refractivity contribution in [3.8, 4) is 11.5 Å². The second-order valence-electron chi connectivity index (χ2n) is 3.94. The Morgan fingerprint density at radius 1 is 1.21 bits per heavy atom. The molecule has 4 N–H and O–H groups in total. The Morgan fingerprint density at radius 2 is 1.86 bits per heavy atom. The summed E-state index contributed by atoms with van der Waals surface area (Å²) in [6, 6.07) is 4.89. The lowest BCUT2D eigenvalue weighted by Gasteiger charge is -2.15. The van der Waals surface area contributed by atoms with E-state index in [9.17, 15) is 5.11 Å². The fourth-order valence-electron chi connectivity index (χ4n) is 1.20. The van der Waals surface area contributed by atoms with Crippen molar-refractivity contribution in [2.45, 2.75) is 26.3 Å². The number of benzene rings is 1. The Labute approximate surface area is 84.2 Å². The molecule has 14 heavy (non-hydrogen) atoms. The minimum absolute atomic E-state index is 0.0824. The summed E-state index contributed by atoms with van der Waals surface area (Å²) >= 11 is 0. The summed E-state index contributed by atoms with van der Waals surface area (Å²) in [5.74, 6) is 0.233. The maximum absolute atomic E-state index is 9.26. The van der Waals surface area contributed by atoms with Gasteiger partial charge in [0.15, 0.2) is 11.5 Å². The molecule has 1 aromatic rings. The number of aromatic hydroxyl groups is 2.